The van der Waals surface area contributed by atoms with Crippen molar-refractivity contribution in [3.63, 3.8) is 0 Å². The topological polar surface area (TPSA) is 27.7 Å². The van der Waals surface area contributed by atoms with Crippen LogP contribution >= 0.6 is 0 Å². The Kier molecular flexibility index (Phi) is 4.13. The Morgan fingerprint density at radius 2 is 2.00 bits per heavy atom. The Balaban J connectivity index is 1.60. The molecule has 0 aromatic carbocycles. The standard InChI is InChI=1S/C15H29N3O/c1-13(9-18-7-4-16-5-8-18)15(11-19-12-15)14-3-6-17(2)10-14/h13-14,16H,3-12H2,1-2H3. The smallest absolute Gasteiger partial charge is 0.0551 e. The molecule has 0 aromatic heterocycles. The second kappa shape index (κ2) is 5.68. The van der Waals surface area contributed by atoms with Crippen LogP contribution in [0.25, 0.3) is 0 Å². The number of hydrogen-bond acceptors (Lipinski definition) is 4. The number of ether oxygens (including phenoxy) is 1. The van der Waals surface area contributed by atoms with Gasteiger partial charge in [0.15, 0.2) is 0 Å². The summed E-state index contributed by atoms with van der Waals surface area (Å²) < 4.78 is 5.65. The maximum atomic E-state index is 5.65. The molecule has 0 aliphatic carbocycles. The molecule has 3 aliphatic rings. The molecule has 19 heavy (non-hydrogen) atoms. The highest BCUT2D eigenvalue weighted by molar-refractivity contribution is 4.99. The third-order valence-electron chi connectivity index (χ3n) is 5.67. The highest BCUT2D eigenvalue weighted by atomic mass is 16.5. The van der Waals surface area contributed by atoms with Crippen molar-refractivity contribution in [1.29, 1.82) is 0 Å². The molecule has 4 nitrogen and oxygen atoms in total. The summed E-state index contributed by atoms with van der Waals surface area (Å²) >= 11 is 0. The molecule has 0 aromatic rings. The van der Waals surface area contributed by atoms with E-state index in [1.165, 1.54) is 39.1 Å². The van der Waals surface area contributed by atoms with E-state index in [4.69, 9.17) is 4.74 Å². The van der Waals surface area contributed by atoms with Gasteiger partial charge in [0.05, 0.1) is 13.2 Å². The summed E-state index contributed by atoms with van der Waals surface area (Å²) in [4.78, 5) is 5.13. The lowest BCUT2D eigenvalue weighted by atomic mass is 9.65. The minimum Gasteiger partial charge on any atom is -0.380 e. The molecular weight excluding hydrogens is 238 g/mol. The van der Waals surface area contributed by atoms with Gasteiger partial charge in [0.1, 0.15) is 0 Å². The minimum absolute atomic E-state index is 0.468. The Morgan fingerprint density at radius 1 is 1.26 bits per heavy atom. The first-order valence-corrected chi connectivity index (χ1v) is 7.90. The van der Waals surface area contributed by atoms with Gasteiger partial charge in [-0.3, -0.25) is 0 Å². The molecule has 3 saturated heterocycles. The molecule has 2 unspecified atom stereocenters. The van der Waals surface area contributed by atoms with Crippen molar-refractivity contribution in [2.24, 2.45) is 17.3 Å². The fourth-order valence-corrected chi connectivity index (χ4v) is 4.13. The summed E-state index contributed by atoms with van der Waals surface area (Å²) in [5, 5.41) is 3.44. The van der Waals surface area contributed by atoms with Crippen LogP contribution in [0.1, 0.15) is 13.3 Å². The van der Waals surface area contributed by atoms with E-state index in [9.17, 15) is 0 Å². The van der Waals surface area contributed by atoms with Crippen molar-refractivity contribution < 1.29 is 4.74 Å². The van der Waals surface area contributed by atoms with Gasteiger partial charge in [-0.25, -0.2) is 0 Å². The van der Waals surface area contributed by atoms with Crippen LogP contribution < -0.4 is 5.32 Å². The molecule has 0 spiro atoms. The first kappa shape index (κ1) is 13.8. The van der Waals surface area contributed by atoms with Crippen LogP contribution in [-0.4, -0.2) is 75.9 Å². The van der Waals surface area contributed by atoms with E-state index in [2.05, 4.69) is 29.1 Å². The van der Waals surface area contributed by atoms with E-state index < -0.39 is 0 Å². The Bertz CT molecular complexity index is 300. The number of nitrogens with zero attached hydrogens (tertiary/aromatic N) is 2. The maximum Gasteiger partial charge on any atom is 0.0551 e. The SMILES string of the molecule is CC(CN1CCNCC1)C1(C2CCN(C)C2)COC1. The van der Waals surface area contributed by atoms with E-state index >= 15 is 0 Å². The monoisotopic (exact) mass is 267 g/mol. The molecule has 2 atom stereocenters. The van der Waals surface area contributed by atoms with Gasteiger partial charge in [-0.05, 0) is 31.8 Å². The zero-order valence-corrected chi connectivity index (χ0v) is 12.5. The van der Waals surface area contributed by atoms with E-state index in [1.54, 1.807) is 0 Å². The molecule has 0 bridgehead atoms. The van der Waals surface area contributed by atoms with Crippen LogP contribution in [0, 0.1) is 17.3 Å². The predicted molar refractivity (Wildman–Crippen MR) is 77.3 cm³/mol. The zero-order chi connectivity index (χ0) is 13.3. The van der Waals surface area contributed by atoms with Crippen LogP contribution in [0.3, 0.4) is 0 Å². The van der Waals surface area contributed by atoms with Crippen molar-refractivity contribution in [2.45, 2.75) is 13.3 Å². The van der Waals surface area contributed by atoms with E-state index in [1.807, 2.05) is 0 Å². The molecule has 110 valence electrons. The van der Waals surface area contributed by atoms with Gasteiger partial charge in [-0.1, -0.05) is 6.92 Å². The van der Waals surface area contributed by atoms with Gasteiger partial charge in [0, 0.05) is 44.7 Å². The molecule has 3 fully saturated rings. The third-order valence-corrected chi connectivity index (χ3v) is 5.67. The highest BCUT2D eigenvalue weighted by Crippen LogP contribution is 2.46. The van der Waals surface area contributed by atoms with Crippen LogP contribution in [-0.2, 0) is 4.74 Å². The van der Waals surface area contributed by atoms with E-state index in [0.717, 1.165) is 38.1 Å². The second-order valence-electron chi connectivity index (χ2n) is 6.93. The lowest BCUT2D eigenvalue weighted by molar-refractivity contribution is -0.176. The Morgan fingerprint density at radius 3 is 2.53 bits per heavy atom. The molecular formula is C15H29N3O. The van der Waals surface area contributed by atoms with Crippen LogP contribution in [0.5, 0.6) is 0 Å². The normalized spacial score (nSPS) is 34.1. The number of piperazine rings is 1. The molecule has 3 heterocycles. The van der Waals surface area contributed by atoms with Crippen molar-refractivity contribution in [1.82, 2.24) is 15.1 Å². The van der Waals surface area contributed by atoms with Crippen LogP contribution in [0.15, 0.2) is 0 Å². The summed E-state index contributed by atoms with van der Waals surface area (Å²) in [6, 6.07) is 0. The Labute approximate surface area is 117 Å². The minimum atomic E-state index is 0.468. The molecule has 3 rings (SSSR count). The number of rotatable bonds is 4. The lowest BCUT2D eigenvalue weighted by Gasteiger charge is -2.51. The summed E-state index contributed by atoms with van der Waals surface area (Å²) in [6.07, 6.45) is 1.37. The maximum absolute atomic E-state index is 5.65. The molecule has 0 amide bonds. The van der Waals surface area contributed by atoms with Gasteiger partial charge in [0.2, 0.25) is 0 Å². The van der Waals surface area contributed by atoms with Crippen molar-refractivity contribution in [3.8, 4) is 0 Å². The lowest BCUT2D eigenvalue weighted by Crippen LogP contribution is -2.57. The van der Waals surface area contributed by atoms with Crippen molar-refractivity contribution >= 4 is 0 Å². The average Bonchev–Trinajstić information content (AvgIpc) is 2.76. The summed E-state index contributed by atoms with van der Waals surface area (Å²) in [5.74, 6) is 1.61. The van der Waals surface area contributed by atoms with Crippen LogP contribution in [0.4, 0.5) is 0 Å². The number of nitrogens with one attached hydrogen (secondary N) is 1. The molecule has 0 saturated carbocycles. The van der Waals surface area contributed by atoms with Gasteiger partial charge < -0.3 is 19.9 Å². The molecule has 4 heteroatoms. The first-order chi connectivity index (χ1) is 9.21. The van der Waals surface area contributed by atoms with Crippen molar-refractivity contribution in [3.05, 3.63) is 0 Å². The summed E-state index contributed by atoms with van der Waals surface area (Å²) in [6.45, 7) is 13.0. The zero-order valence-electron chi connectivity index (χ0n) is 12.5. The number of hydrogen-bond donors (Lipinski definition) is 1. The van der Waals surface area contributed by atoms with Gasteiger partial charge >= 0.3 is 0 Å². The van der Waals surface area contributed by atoms with Crippen molar-refractivity contribution in [2.75, 3.05) is 66.1 Å². The third kappa shape index (κ3) is 2.68. The molecule has 1 N–H and O–H groups in total. The second-order valence-corrected chi connectivity index (χ2v) is 6.93. The first-order valence-electron chi connectivity index (χ1n) is 7.90. The largest absolute Gasteiger partial charge is 0.380 e. The molecule has 0 radical (unpaired) electrons. The van der Waals surface area contributed by atoms with Gasteiger partial charge in [-0.15, -0.1) is 0 Å². The average molecular weight is 267 g/mol. The van der Waals surface area contributed by atoms with E-state index in [-0.39, 0.29) is 0 Å². The fraction of sp³-hybridized carbons (Fsp3) is 1.00. The number of likely N-dealkylation sites (tertiary alicyclic amines) is 1. The quantitative estimate of drug-likeness (QED) is 0.803. The summed E-state index contributed by atoms with van der Waals surface area (Å²) in [7, 11) is 2.26. The fourth-order valence-electron chi connectivity index (χ4n) is 4.13. The van der Waals surface area contributed by atoms with E-state index in [0.29, 0.717) is 5.41 Å². The predicted octanol–water partition coefficient (Wildman–Crippen LogP) is 0.496. The molecule has 3 aliphatic heterocycles. The van der Waals surface area contributed by atoms with Crippen LogP contribution in [0.2, 0.25) is 0 Å². The summed E-state index contributed by atoms with van der Waals surface area (Å²) in [5.41, 5.74) is 0.468. The van der Waals surface area contributed by atoms with Gasteiger partial charge in [-0.2, -0.15) is 0 Å². The van der Waals surface area contributed by atoms with Gasteiger partial charge in [0.25, 0.3) is 0 Å². The highest BCUT2D eigenvalue weighted by Gasteiger charge is 2.51. The Hall–Kier alpha value is -0.160.